The van der Waals surface area contributed by atoms with Crippen molar-refractivity contribution < 1.29 is 0 Å². The van der Waals surface area contributed by atoms with Gasteiger partial charge in [0.2, 0.25) is 0 Å². The molecular formula is C15H20BrN3. The highest BCUT2D eigenvalue weighted by Crippen LogP contribution is 2.49. The Morgan fingerprint density at radius 1 is 1.11 bits per heavy atom. The van der Waals surface area contributed by atoms with Crippen LogP contribution in [0.25, 0.3) is 0 Å². The molecule has 0 radical (unpaired) electrons. The van der Waals surface area contributed by atoms with E-state index in [0.717, 1.165) is 40.5 Å². The predicted octanol–water partition coefficient (Wildman–Crippen LogP) is 3.96. The zero-order chi connectivity index (χ0) is 12.8. The zero-order valence-corrected chi connectivity index (χ0v) is 12.7. The van der Waals surface area contributed by atoms with E-state index >= 15 is 0 Å². The first-order valence-electron chi connectivity index (χ1n) is 7.58. The third kappa shape index (κ3) is 2.93. The Bertz CT molecular complexity index is 466. The minimum atomic E-state index is 0.612. The standard InChI is InChI=1S/C15H20BrN3/c16-13-7-14(19-15(18-13)11-5-6-11)17-8-12(9-1-2-9)10-3-4-10/h7,9-12H,1-6,8H2,(H,17,18,19). The fourth-order valence-electron chi connectivity index (χ4n) is 3.04. The largest absolute Gasteiger partial charge is 0.370 e. The maximum atomic E-state index is 4.67. The van der Waals surface area contributed by atoms with E-state index in [1.54, 1.807) is 0 Å². The molecule has 0 bridgehead atoms. The van der Waals surface area contributed by atoms with Crippen molar-refractivity contribution in [3.63, 3.8) is 0 Å². The highest BCUT2D eigenvalue weighted by Gasteiger charge is 2.41. The van der Waals surface area contributed by atoms with Gasteiger partial charge in [0.15, 0.2) is 0 Å². The third-order valence-corrected chi connectivity index (χ3v) is 5.03. The molecule has 0 amide bonds. The molecular weight excluding hydrogens is 302 g/mol. The van der Waals surface area contributed by atoms with E-state index in [4.69, 9.17) is 0 Å². The number of anilines is 1. The molecule has 3 aliphatic carbocycles. The molecule has 4 rings (SSSR count). The summed E-state index contributed by atoms with van der Waals surface area (Å²) in [5, 5.41) is 3.57. The van der Waals surface area contributed by atoms with Gasteiger partial charge in [-0.1, -0.05) is 0 Å². The minimum absolute atomic E-state index is 0.612. The van der Waals surface area contributed by atoms with Crippen molar-refractivity contribution in [2.45, 2.75) is 44.4 Å². The van der Waals surface area contributed by atoms with Crippen molar-refractivity contribution in [3.05, 3.63) is 16.5 Å². The summed E-state index contributed by atoms with van der Waals surface area (Å²) in [6.07, 6.45) is 8.30. The van der Waals surface area contributed by atoms with Crippen LogP contribution in [-0.2, 0) is 0 Å². The van der Waals surface area contributed by atoms with E-state index in [1.807, 2.05) is 6.07 Å². The summed E-state index contributed by atoms with van der Waals surface area (Å²) in [5.41, 5.74) is 0. The number of nitrogens with one attached hydrogen (secondary N) is 1. The summed E-state index contributed by atoms with van der Waals surface area (Å²) < 4.78 is 0.918. The fraction of sp³-hybridized carbons (Fsp3) is 0.733. The van der Waals surface area contributed by atoms with E-state index in [2.05, 4.69) is 31.2 Å². The molecule has 3 saturated carbocycles. The molecule has 1 aromatic heterocycles. The molecule has 1 heterocycles. The van der Waals surface area contributed by atoms with Crippen molar-refractivity contribution >= 4 is 21.7 Å². The second kappa shape index (κ2) is 4.72. The normalized spacial score (nSPS) is 22.8. The first-order chi connectivity index (χ1) is 9.29. The summed E-state index contributed by atoms with van der Waals surface area (Å²) in [7, 11) is 0. The molecule has 0 aliphatic heterocycles. The summed E-state index contributed by atoms with van der Waals surface area (Å²) in [6.45, 7) is 1.10. The van der Waals surface area contributed by atoms with Gasteiger partial charge in [0.1, 0.15) is 16.2 Å². The summed E-state index contributed by atoms with van der Waals surface area (Å²) >= 11 is 3.51. The molecule has 102 valence electrons. The molecule has 3 fully saturated rings. The van der Waals surface area contributed by atoms with Gasteiger partial charge in [0.25, 0.3) is 0 Å². The maximum absolute atomic E-state index is 4.67. The molecule has 0 unspecified atom stereocenters. The summed E-state index contributed by atoms with van der Waals surface area (Å²) in [4.78, 5) is 9.16. The third-order valence-electron chi connectivity index (χ3n) is 4.63. The van der Waals surface area contributed by atoms with Gasteiger partial charge >= 0.3 is 0 Å². The van der Waals surface area contributed by atoms with Gasteiger partial charge < -0.3 is 5.32 Å². The topological polar surface area (TPSA) is 37.8 Å². The molecule has 3 aliphatic rings. The average molecular weight is 322 g/mol. The lowest BCUT2D eigenvalue weighted by Crippen LogP contribution is -2.19. The Hall–Kier alpha value is -0.640. The lowest BCUT2D eigenvalue weighted by Gasteiger charge is -2.17. The van der Waals surface area contributed by atoms with Crippen molar-refractivity contribution in [2.75, 3.05) is 11.9 Å². The first-order valence-corrected chi connectivity index (χ1v) is 8.37. The van der Waals surface area contributed by atoms with Crippen LogP contribution in [0.15, 0.2) is 10.7 Å². The summed E-state index contributed by atoms with van der Waals surface area (Å²) in [6, 6.07) is 2.02. The second-order valence-electron chi connectivity index (χ2n) is 6.43. The molecule has 0 spiro atoms. The van der Waals surface area contributed by atoms with E-state index in [0.29, 0.717) is 5.92 Å². The monoisotopic (exact) mass is 321 g/mol. The smallest absolute Gasteiger partial charge is 0.135 e. The Morgan fingerprint density at radius 2 is 1.79 bits per heavy atom. The van der Waals surface area contributed by atoms with E-state index in [1.165, 1.54) is 38.5 Å². The Kier molecular flexibility index (Phi) is 3.02. The van der Waals surface area contributed by atoms with Crippen LogP contribution in [0.2, 0.25) is 0 Å². The van der Waals surface area contributed by atoms with Crippen LogP contribution in [-0.4, -0.2) is 16.5 Å². The van der Waals surface area contributed by atoms with Crippen LogP contribution in [0.1, 0.15) is 50.3 Å². The van der Waals surface area contributed by atoms with Crippen LogP contribution >= 0.6 is 15.9 Å². The predicted molar refractivity (Wildman–Crippen MR) is 79.1 cm³/mol. The molecule has 0 saturated heterocycles. The first kappa shape index (κ1) is 12.1. The number of rotatable bonds is 6. The molecule has 19 heavy (non-hydrogen) atoms. The maximum Gasteiger partial charge on any atom is 0.135 e. The van der Waals surface area contributed by atoms with E-state index < -0.39 is 0 Å². The van der Waals surface area contributed by atoms with E-state index in [-0.39, 0.29) is 0 Å². The van der Waals surface area contributed by atoms with Gasteiger partial charge in [-0.05, 0) is 72.2 Å². The number of hydrogen-bond acceptors (Lipinski definition) is 3. The van der Waals surface area contributed by atoms with Crippen molar-refractivity contribution in [3.8, 4) is 0 Å². The van der Waals surface area contributed by atoms with Crippen molar-refractivity contribution in [1.29, 1.82) is 0 Å². The number of nitrogens with zero attached hydrogens (tertiary/aromatic N) is 2. The minimum Gasteiger partial charge on any atom is -0.370 e. The highest BCUT2D eigenvalue weighted by molar-refractivity contribution is 9.10. The van der Waals surface area contributed by atoms with Crippen LogP contribution in [0.4, 0.5) is 5.82 Å². The Labute approximate surface area is 122 Å². The molecule has 4 heteroatoms. The van der Waals surface area contributed by atoms with Gasteiger partial charge in [0.05, 0.1) is 0 Å². The molecule has 1 aromatic rings. The number of aromatic nitrogens is 2. The number of hydrogen-bond donors (Lipinski definition) is 1. The Morgan fingerprint density at radius 3 is 2.37 bits per heavy atom. The van der Waals surface area contributed by atoms with Crippen molar-refractivity contribution in [2.24, 2.45) is 17.8 Å². The van der Waals surface area contributed by atoms with Crippen LogP contribution in [0, 0.1) is 17.8 Å². The quantitative estimate of drug-likeness (QED) is 0.806. The molecule has 0 aromatic carbocycles. The lowest BCUT2D eigenvalue weighted by atomic mass is 9.98. The van der Waals surface area contributed by atoms with Gasteiger partial charge in [-0.25, -0.2) is 9.97 Å². The van der Waals surface area contributed by atoms with Crippen LogP contribution in [0.5, 0.6) is 0 Å². The van der Waals surface area contributed by atoms with Crippen molar-refractivity contribution in [1.82, 2.24) is 9.97 Å². The fourth-order valence-corrected chi connectivity index (χ4v) is 3.44. The zero-order valence-electron chi connectivity index (χ0n) is 11.1. The van der Waals surface area contributed by atoms with Crippen LogP contribution in [0.3, 0.4) is 0 Å². The van der Waals surface area contributed by atoms with Gasteiger partial charge in [-0.15, -0.1) is 0 Å². The van der Waals surface area contributed by atoms with Gasteiger partial charge in [-0.2, -0.15) is 0 Å². The average Bonchev–Trinajstić information content (AvgIpc) is 3.27. The second-order valence-corrected chi connectivity index (χ2v) is 7.24. The Balaban J connectivity index is 1.43. The van der Waals surface area contributed by atoms with E-state index in [9.17, 15) is 0 Å². The molecule has 0 atom stereocenters. The number of halogens is 1. The summed E-state index contributed by atoms with van der Waals surface area (Å²) in [5.74, 6) is 5.52. The van der Waals surface area contributed by atoms with Gasteiger partial charge in [0, 0.05) is 18.5 Å². The highest BCUT2D eigenvalue weighted by atomic mass is 79.9. The molecule has 3 nitrogen and oxygen atoms in total. The lowest BCUT2D eigenvalue weighted by molar-refractivity contribution is 0.427. The molecule has 1 N–H and O–H groups in total. The van der Waals surface area contributed by atoms with Crippen LogP contribution < -0.4 is 5.32 Å². The van der Waals surface area contributed by atoms with Gasteiger partial charge in [-0.3, -0.25) is 0 Å². The SMILES string of the molecule is Brc1cc(NCC(C2CC2)C2CC2)nc(C2CC2)n1.